The van der Waals surface area contributed by atoms with E-state index in [0.717, 1.165) is 29.6 Å². The molecule has 0 aliphatic carbocycles. The minimum Gasteiger partial charge on any atom is -0.347 e. The van der Waals surface area contributed by atoms with Crippen molar-refractivity contribution in [2.45, 2.75) is 32.4 Å². The maximum atomic E-state index is 12.1. The zero-order valence-electron chi connectivity index (χ0n) is 13.5. The van der Waals surface area contributed by atoms with Crippen molar-refractivity contribution >= 4 is 28.5 Å². The van der Waals surface area contributed by atoms with Crippen LogP contribution in [0, 0.1) is 0 Å². The van der Waals surface area contributed by atoms with Gasteiger partial charge in [0.25, 0.3) is 0 Å². The fourth-order valence-corrected chi connectivity index (χ4v) is 2.98. The van der Waals surface area contributed by atoms with Crippen molar-refractivity contribution in [3.05, 3.63) is 30.5 Å². The van der Waals surface area contributed by atoms with E-state index >= 15 is 0 Å². The number of hydrogen-bond acceptors (Lipinski definition) is 2. The van der Waals surface area contributed by atoms with Crippen molar-refractivity contribution in [3.8, 4) is 0 Å². The van der Waals surface area contributed by atoms with Gasteiger partial charge < -0.3 is 20.1 Å². The average Bonchev–Trinajstić information content (AvgIpc) is 3.06. The summed E-state index contributed by atoms with van der Waals surface area (Å²) in [5.74, 6) is -0.0348. The summed E-state index contributed by atoms with van der Waals surface area (Å²) in [7, 11) is 1.75. The highest BCUT2D eigenvalue weighted by Crippen LogP contribution is 2.21. The molecule has 6 nitrogen and oxygen atoms in total. The summed E-state index contributed by atoms with van der Waals surface area (Å²) >= 11 is 0. The van der Waals surface area contributed by atoms with Crippen molar-refractivity contribution in [3.63, 3.8) is 0 Å². The topological polar surface area (TPSA) is 66.4 Å². The highest BCUT2D eigenvalue weighted by atomic mass is 16.2. The number of amides is 3. The van der Waals surface area contributed by atoms with E-state index in [9.17, 15) is 9.59 Å². The molecule has 23 heavy (non-hydrogen) atoms. The van der Waals surface area contributed by atoms with Crippen LogP contribution in [-0.4, -0.2) is 41.0 Å². The van der Waals surface area contributed by atoms with Crippen LogP contribution in [0.3, 0.4) is 0 Å². The first-order chi connectivity index (χ1) is 11.1. The second-order valence-corrected chi connectivity index (χ2v) is 5.98. The van der Waals surface area contributed by atoms with E-state index in [1.807, 2.05) is 18.2 Å². The van der Waals surface area contributed by atoms with Crippen molar-refractivity contribution in [2.75, 3.05) is 18.9 Å². The molecule has 1 atom stereocenters. The number of likely N-dealkylation sites (N-methyl/N-ethyl adjacent to an activating group) is 1. The number of benzene rings is 1. The van der Waals surface area contributed by atoms with Gasteiger partial charge in [-0.25, -0.2) is 4.79 Å². The van der Waals surface area contributed by atoms with Crippen LogP contribution in [0.2, 0.25) is 0 Å². The molecule has 1 aromatic carbocycles. The van der Waals surface area contributed by atoms with E-state index in [4.69, 9.17) is 0 Å². The molecule has 2 heterocycles. The molecular weight excluding hydrogens is 292 g/mol. The molecule has 1 aromatic heterocycles. The molecule has 2 aromatic rings. The van der Waals surface area contributed by atoms with Gasteiger partial charge in [-0.1, -0.05) is 13.0 Å². The molecular formula is C17H22N4O2. The molecule has 6 heteroatoms. The number of urea groups is 1. The number of aromatic nitrogens is 1. The first kappa shape index (κ1) is 15.4. The monoisotopic (exact) mass is 314 g/mol. The van der Waals surface area contributed by atoms with Crippen molar-refractivity contribution in [1.29, 1.82) is 0 Å². The lowest BCUT2D eigenvalue weighted by Gasteiger charge is -2.13. The molecule has 1 aliphatic rings. The Bertz CT molecular complexity index is 737. The summed E-state index contributed by atoms with van der Waals surface area (Å²) in [6.07, 6.45) is 3.77. The molecule has 1 fully saturated rings. The minimum absolute atomic E-state index is 0.0348. The minimum atomic E-state index is -0.423. The van der Waals surface area contributed by atoms with Gasteiger partial charge in [0.2, 0.25) is 5.91 Å². The maximum absolute atomic E-state index is 12.1. The zero-order valence-corrected chi connectivity index (χ0v) is 13.5. The standard InChI is InChI=1S/C17H22N4O2/c1-3-8-21-10-6-12-4-5-13(11-15(12)21)18-17(23)19-14-7-9-20(2)16(14)22/h4-6,10-11,14H,3,7-9H2,1-2H3,(H2,18,19,23)/t14-/m0/s1. The third-order valence-electron chi connectivity index (χ3n) is 4.23. The third-order valence-corrected chi connectivity index (χ3v) is 4.23. The first-order valence-corrected chi connectivity index (χ1v) is 8.00. The Kier molecular flexibility index (Phi) is 4.23. The van der Waals surface area contributed by atoms with E-state index in [2.05, 4.69) is 34.4 Å². The Morgan fingerprint density at radius 3 is 2.87 bits per heavy atom. The molecule has 0 spiro atoms. The van der Waals surface area contributed by atoms with Gasteiger partial charge in [-0.2, -0.15) is 0 Å². The van der Waals surface area contributed by atoms with Crippen LogP contribution in [0.15, 0.2) is 30.5 Å². The van der Waals surface area contributed by atoms with Crippen LogP contribution in [0.4, 0.5) is 10.5 Å². The van der Waals surface area contributed by atoms with Gasteiger partial charge >= 0.3 is 6.03 Å². The zero-order chi connectivity index (χ0) is 16.4. The molecule has 0 radical (unpaired) electrons. The molecule has 3 rings (SSSR count). The third kappa shape index (κ3) is 3.16. The van der Waals surface area contributed by atoms with Gasteiger partial charge in [-0.15, -0.1) is 0 Å². The summed E-state index contributed by atoms with van der Waals surface area (Å²) in [6, 6.07) is 7.14. The van der Waals surface area contributed by atoms with E-state index < -0.39 is 6.04 Å². The average molecular weight is 314 g/mol. The van der Waals surface area contributed by atoms with Gasteiger partial charge in [0.1, 0.15) is 6.04 Å². The Balaban J connectivity index is 1.69. The number of fused-ring (bicyclic) bond motifs is 1. The lowest BCUT2D eigenvalue weighted by Crippen LogP contribution is -2.42. The number of rotatable bonds is 4. The lowest BCUT2D eigenvalue weighted by atomic mass is 10.2. The second-order valence-electron chi connectivity index (χ2n) is 5.98. The molecule has 3 amide bonds. The number of nitrogens with one attached hydrogen (secondary N) is 2. The SMILES string of the molecule is CCCn1ccc2ccc(NC(=O)N[C@H]3CCN(C)C3=O)cc21. The van der Waals surface area contributed by atoms with Gasteiger partial charge in [0.15, 0.2) is 0 Å². The summed E-state index contributed by atoms with van der Waals surface area (Å²) in [5, 5.41) is 6.71. The van der Waals surface area contributed by atoms with Gasteiger partial charge in [-0.3, -0.25) is 4.79 Å². The van der Waals surface area contributed by atoms with Crippen molar-refractivity contribution < 1.29 is 9.59 Å². The van der Waals surface area contributed by atoms with Crippen LogP contribution >= 0.6 is 0 Å². The van der Waals surface area contributed by atoms with Crippen LogP contribution in [0.1, 0.15) is 19.8 Å². The number of carbonyl (C=O) groups excluding carboxylic acids is 2. The van der Waals surface area contributed by atoms with E-state index in [-0.39, 0.29) is 11.9 Å². The van der Waals surface area contributed by atoms with E-state index in [1.54, 1.807) is 11.9 Å². The number of hydrogen-bond donors (Lipinski definition) is 2. The van der Waals surface area contributed by atoms with E-state index in [0.29, 0.717) is 13.0 Å². The smallest absolute Gasteiger partial charge is 0.319 e. The normalized spacial score (nSPS) is 17.7. The first-order valence-electron chi connectivity index (χ1n) is 8.00. The van der Waals surface area contributed by atoms with E-state index in [1.165, 1.54) is 0 Å². The van der Waals surface area contributed by atoms with Crippen LogP contribution in [-0.2, 0) is 11.3 Å². The Hall–Kier alpha value is -2.50. The lowest BCUT2D eigenvalue weighted by molar-refractivity contribution is -0.128. The number of carbonyl (C=O) groups is 2. The van der Waals surface area contributed by atoms with Gasteiger partial charge in [-0.05, 0) is 36.4 Å². The Labute approximate surface area is 135 Å². The molecule has 122 valence electrons. The van der Waals surface area contributed by atoms with Crippen LogP contribution in [0.25, 0.3) is 10.9 Å². The van der Waals surface area contributed by atoms with Gasteiger partial charge in [0.05, 0.1) is 5.52 Å². The molecule has 0 unspecified atom stereocenters. The molecule has 1 aliphatic heterocycles. The number of nitrogens with zero attached hydrogens (tertiary/aromatic N) is 2. The highest BCUT2D eigenvalue weighted by Gasteiger charge is 2.30. The quantitative estimate of drug-likeness (QED) is 0.910. The largest absolute Gasteiger partial charge is 0.347 e. The van der Waals surface area contributed by atoms with Crippen molar-refractivity contribution in [1.82, 2.24) is 14.8 Å². The van der Waals surface area contributed by atoms with Gasteiger partial charge in [0, 0.05) is 32.0 Å². The second kappa shape index (κ2) is 6.32. The highest BCUT2D eigenvalue weighted by molar-refractivity contribution is 5.96. The number of likely N-dealkylation sites (tertiary alicyclic amines) is 1. The molecule has 0 saturated carbocycles. The summed E-state index contributed by atoms with van der Waals surface area (Å²) < 4.78 is 2.17. The fourth-order valence-electron chi connectivity index (χ4n) is 2.98. The number of aryl methyl sites for hydroxylation is 1. The number of anilines is 1. The molecule has 0 bridgehead atoms. The Morgan fingerprint density at radius 1 is 1.35 bits per heavy atom. The maximum Gasteiger partial charge on any atom is 0.319 e. The summed E-state index contributed by atoms with van der Waals surface area (Å²) in [6.45, 7) is 3.76. The summed E-state index contributed by atoms with van der Waals surface area (Å²) in [4.78, 5) is 25.6. The van der Waals surface area contributed by atoms with Crippen LogP contribution < -0.4 is 10.6 Å². The van der Waals surface area contributed by atoms with Crippen LogP contribution in [0.5, 0.6) is 0 Å². The fraction of sp³-hybridized carbons (Fsp3) is 0.412. The van der Waals surface area contributed by atoms with Crippen molar-refractivity contribution in [2.24, 2.45) is 0 Å². The summed E-state index contributed by atoms with van der Waals surface area (Å²) in [5.41, 5.74) is 1.83. The Morgan fingerprint density at radius 2 is 2.17 bits per heavy atom. The predicted molar refractivity (Wildman–Crippen MR) is 90.4 cm³/mol. The predicted octanol–water partition coefficient (Wildman–Crippen LogP) is 2.40. The molecule has 2 N–H and O–H groups in total. The molecule has 1 saturated heterocycles.